The molecule has 0 aromatic heterocycles. The molecule has 0 saturated carbocycles. The van der Waals surface area contributed by atoms with E-state index in [1.54, 1.807) is 12.1 Å². The van der Waals surface area contributed by atoms with E-state index in [1.807, 2.05) is 26.0 Å². The first-order valence-electron chi connectivity index (χ1n) is 14.2. The molecule has 3 rings (SSSR count). The lowest BCUT2D eigenvalue weighted by molar-refractivity contribution is -0.763. The lowest BCUT2D eigenvalue weighted by Gasteiger charge is -2.43. The molecule has 226 valence electrons. The van der Waals surface area contributed by atoms with E-state index >= 15 is 0 Å². The summed E-state index contributed by atoms with van der Waals surface area (Å²) in [6.07, 6.45) is 4.26. The Morgan fingerprint density at radius 1 is 1.22 bits per heavy atom. The fraction of sp³-hybridized carbons (Fsp3) is 0.600. The molecule has 0 aliphatic heterocycles. The standard InChI is InChI=1S/C30H41NO10/c1-4-18(2)30(36)41-27-15-23(33)13-21-9-8-19(3)26(29(21)27)11-10-22(32)14-24(34)16-28(35)40-25-7-5-6-20(12-25)17-39-31(37)38/h5-9,12-13,18-19,22-24,26-27,29,32-34H,4,10-11,14-17H2,1-3H3/t18-,19-,22+,23+,24+,26-,27-,29-/m0/s1. The maximum Gasteiger partial charge on any atom is 0.313 e. The van der Waals surface area contributed by atoms with Crippen LogP contribution in [0, 0.1) is 33.8 Å². The van der Waals surface area contributed by atoms with Crippen LogP contribution in [0.4, 0.5) is 0 Å². The summed E-state index contributed by atoms with van der Waals surface area (Å²) in [5.74, 6) is -0.963. The molecule has 2 aliphatic carbocycles. The summed E-state index contributed by atoms with van der Waals surface area (Å²) in [6.45, 7) is 5.53. The molecule has 0 amide bonds. The highest BCUT2D eigenvalue weighted by Crippen LogP contribution is 2.44. The van der Waals surface area contributed by atoms with Gasteiger partial charge in [0.05, 0.1) is 30.7 Å². The number of aliphatic hydroxyl groups is 3. The fourth-order valence-electron chi connectivity index (χ4n) is 5.51. The number of fused-ring (bicyclic) bond motifs is 1. The van der Waals surface area contributed by atoms with Gasteiger partial charge in [0.15, 0.2) is 0 Å². The second-order valence-corrected chi connectivity index (χ2v) is 11.1. The highest BCUT2D eigenvalue weighted by atomic mass is 16.9. The van der Waals surface area contributed by atoms with Crippen LogP contribution in [0.2, 0.25) is 0 Å². The van der Waals surface area contributed by atoms with Gasteiger partial charge >= 0.3 is 11.9 Å². The molecule has 0 unspecified atom stereocenters. The van der Waals surface area contributed by atoms with Crippen molar-refractivity contribution in [2.45, 2.75) is 90.3 Å². The zero-order valence-electron chi connectivity index (χ0n) is 23.8. The molecule has 0 spiro atoms. The third kappa shape index (κ3) is 9.65. The van der Waals surface area contributed by atoms with Gasteiger partial charge in [0.1, 0.15) is 18.5 Å². The van der Waals surface area contributed by atoms with Gasteiger partial charge in [0.2, 0.25) is 0 Å². The van der Waals surface area contributed by atoms with Crippen LogP contribution < -0.4 is 4.74 Å². The smallest absolute Gasteiger partial charge is 0.313 e. The number of esters is 2. The summed E-state index contributed by atoms with van der Waals surface area (Å²) in [6, 6.07) is 6.09. The van der Waals surface area contributed by atoms with Gasteiger partial charge in [-0.25, -0.2) is 0 Å². The molecule has 0 radical (unpaired) electrons. The lowest BCUT2D eigenvalue weighted by Crippen LogP contribution is -2.43. The Morgan fingerprint density at radius 2 is 1.98 bits per heavy atom. The van der Waals surface area contributed by atoms with Crippen LogP contribution in [0.15, 0.2) is 48.1 Å². The van der Waals surface area contributed by atoms with Crippen LogP contribution in [0.25, 0.3) is 0 Å². The zero-order chi connectivity index (χ0) is 30.1. The molecule has 1 aromatic carbocycles. The molecule has 11 nitrogen and oxygen atoms in total. The molecule has 41 heavy (non-hydrogen) atoms. The first-order chi connectivity index (χ1) is 19.5. The molecule has 3 N–H and O–H groups in total. The van der Waals surface area contributed by atoms with Gasteiger partial charge in [-0.1, -0.05) is 51.1 Å². The number of rotatable bonds is 14. The number of aliphatic hydroxyl groups excluding tert-OH is 3. The Kier molecular flexibility index (Phi) is 11.9. The van der Waals surface area contributed by atoms with Gasteiger partial charge in [-0.05, 0) is 60.8 Å². The number of hydrogen-bond donors (Lipinski definition) is 3. The minimum Gasteiger partial charge on any atom is -0.461 e. The second-order valence-electron chi connectivity index (χ2n) is 11.1. The van der Waals surface area contributed by atoms with Crippen molar-refractivity contribution in [3.05, 3.63) is 63.7 Å². The molecular weight excluding hydrogens is 534 g/mol. The van der Waals surface area contributed by atoms with E-state index in [4.69, 9.17) is 9.47 Å². The predicted molar refractivity (Wildman–Crippen MR) is 148 cm³/mol. The number of carbonyl (C=O) groups is 2. The van der Waals surface area contributed by atoms with E-state index < -0.39 is 35.5 Å². The molecular formula is C30H41NO10. The fourth-order valence-corrected chi connectivity index (χ4v) is 5.51. The average molecular weight is 576 g/mol. The number of carbonyl (C=O) groups excluding carboxylic acids is 2. The molecule has 1 aromatic rings. The Bertz CT molecular complexity index is 1120. The Morgan fingerprint density at radius 3 is 2.68 bits per heavy atom. The van der Waals surface area contributed by atoms with Crippen molar-refractivity contribution in [2.24, 2.45) is 23.7 Å². The van der Waals surface area contributed by atoms with Crippen LogP contribution in [0.3, 0.4) is 0 Å². The second kappa shape index (κ2) is 15.1. The Labute approximate surface area is 239 Å². The van der Waals surface area contributed by atoms with Crippen molar-refractivity contribution in [3.8, 4) is 5.75 Å². The van der Waals surface area contributed by atoms with Gasteiger partial charge in [-0.15, -0.1) is 10.1 Å². The monoisotopic (exact) mass is 575 g/mol. The van der Waals surface area contributed by atoms with E-state index in [1.165, 1.54) is 12.1 Å². The quantitative estimate of drug-likeness (QED) is 0.129. The minimum absolute atomic E-state index is 0.0265. The van der Waals surface area contributed by atoms with Crippen molar-refractivity contribution in [1.82, 2.24) is 0 Å². The molecule has 11 heteroatoms. The zero-order valence-corrected chi connectivity index (χ0v) is 23.8. The maximum absolute atomic E-state index is 12.6. The summed E-state index contributed by atoms with van der Waals surface area (Å²) < 4.78 is 11.1. The van der Waals surface area contributed by atoms with Crippen LogP contribution in [-0.2, 0) is 25.8 Å². The van der Waals surface area contributed by atoms with Gasteiger partial charge in [0.25, 0.3) is 5.09 Å². The Balaban J connectivity index is 1.53. The maximum atomic E-state index is 12.6. The van der Waals surface area contributed by atoms with E-state index in [0.717, 1.165) is 5.57 Å². The number of ether oxygens (including phenoxy) is 2. The third-order valence-corrected chi connectivity index (χ3v) is 7.90. The number of allylic oxidation sites excluding steroid dienone is 2. The van der Waals surface area contributed by atoms with E-state index in [0.29, 0.717) is 31.2 Å². The van der Waals surface area contributed by atoms with E-state index in [9.17, 15) is 35.0 Å². The topological polar surface area (TPSA) is 166 Å². The molecule has 0 fully saturated rings. The van der Waals surface area contributed by atoms with Gasteiger partial charge < -0.3 is 29.6 Å². The highest BCUT2D eigenvalue weighted by molar-refractivity contribution is 5.73. The van der Waals surface area contributed by atoms with Crippen LogP contribution >= 0.6 is 0 Å². The third-order valence-electron chi connectivity index (χ3n) is 7.90. The SMILES string of the molecule is CC[C@H](C)C(=O)O[C@H]1C[C@H](O)C=C2C=C[C@H](C)[C@H](CC[C@@H](O)C[C@@H](O)CC(=O)Oc3cccc(CO[N+](=O)[O-])c3)[C@H]21. The van der Waals surface area contributed by atoms with Crippen molar-refractivity contribution in [3.63, 3.8) is 0 Å². The summed E-state index contributed by atoms with van der Waals surface area (Å²) >= 11 is 0. The van der Waals surface area contributed by atoms with Crippen LogP contribution in [0.5, 0.6) is 5.75 Å². The van der Waals surface area contributed by atoms with E-state index in [2.05, 4.69) is 17.8 Å². The van der Waals surface area contributed by atoms with Crippen LogP contribution in [0.1, 0.15) is 64.9 Å². The molecule has 8 atom stereocenters. The minimum atomic E-state index is -1.13. The molecule has 2 aliphatic rings. The average Bonchev–Trinajstić information content (AvgIpc) is 2.90. The van der Waals surface area contributed by atoms with Crippen molar-refractivity contribution in [1.29, 1.82) is 0 Å². The molecule has 0 saturated heterocycles. The predicted octanol–water partition coefficient (Wildman–Crippen LogP) is 3.67. The summed E-state index contributed by atoms with van der Waals surface area (Å²) in [5.41, 5.74) is 1.37. The van der Waals surface area contributed by atoms with Crippen LogP contribution in [-0.4, -0.2) is 56.8 Å². The summed E-state index contributed by atoms with van der Waals surface area (Å²) in [7, 11) is 0. The normalized spacial score (nSPS) is 25.7. The summed E-state index contributed by atoms with van der Waals surface area (Å²) in [5, 5.41) is 41.0. The summed E-state index contributed by atoms with van der Waals surface area (Å²) in [4.78, 5) is 39.6. The largest absolute Gasteiger partial charge is 0.461 e. The van der Waals surface area contributed by atoms with E-state index in [-0.39, 0.29) is 54.8 Å². The number of hydrogen-bond acceptors (Lipinski definition) is 10. The Hall–Kier alpha value is -3.28. The van der Waals surface area contributed by atoms with Gasteiger partial charge in [-0.3, -0.25) is 9.59 Å². The first kappa shape index (κ1) is 32.2. The van der Waals surface area contributed by atoms with Crippen molar-refractivity contribution >= 4 is 11.9 Å². The molecule has 0 bridgehead atoms. The highest BCUT2D eigenvalue weighted by Gasteiger charge is 2.42. The lowest BCUT2D eigenvalue weighted by atomic mass is 9.66. The molecule has 0 heterocycles. The van der Waals surface area contributed by atoms with Gasteiger partial charge in [-0.2, -0.15) is 0 Å². The number of benzene rings is 1. The van der Waals surface area contributed by atoms with Gasteiger partial charge in [0, 0.05) is 12.3 Å². The van der Waals surface area contributed by atoms with Crippen molar-refractivity contribution in [2.75, 3.05) is 0 Å². The van der Waals surface area contributed by atoms with Crippen molar-refractivity contribution < 1.29 is 44.3 Å². The number of nitrogens with zero attached hydrogens (tertiary/aromatic N) is 1. The first-order valence-corrected chi connectivity index (χ1v) is 14.2.